The molecule has 0 aromatic carbocycles. The number of hydrogen-bond acceptors (Lipinski definition) is 6. The van der Waals surface area contributed by atoms with Crippen LogP contribution in [-0.4, -0.2) is 46.7 Å². The maximum Gasteiger partial charge on any atom is 0.341 e. The summed E-state index contributed by atoms with van der Waals surface area (Å²) in [5.74, 6) is -0.953. The quantitative estimate of drug-likeness (QED) is 0.232. The van der Waals surface area contributed by atoms with Crippen molar-refractivity contribution in [3.05, 3.63) is 12.7 Å². The number of aliphatic hydroxyl groups excluding tert-OH is 2. The summed E-state index contributed by atoms with van der Waals surface area (Å²) in [6.07, 6.45) is -1.39. The number of rotatable bonds is 7. The fourth-order valence-corrected chi connectivity index (χ4v) is 1.56. The van der Waals surface area contributed by atoms with E-state index in [1.54, 1.807) is 0 Å². The Hall–Kier alpha value is -0.720. The zero-order chi connectivity index (χ0) is 11.9. The van der Waals surface area contributed by atoms with Crippen LogP contribution in [0.4, 0.5) is 0 Å². The molecule has 0 aromatic rings. The maximum atomic E-state index is 11.1. The average Bonchev–Trinajstić information content (AvgIpc) is 2.12. The van der Waals surface area contributed by atoms with Gasteiger partial charge in [0.05, 0.1) is 6.61 Å². The van der Waals surface area contributed by atoms with Gasteiger partial charge in [-0.05, 0) is 0 Å². The molecule has 15 heavy (non-hydrogen) atoms. The first kappa shape index (κ1) is 14.3. The molecule has 0 aliphatic rings. The van der Waals surface area contributed by atoms with Crippen LogP contribution < -0.4 is 0 Å². The van der Waals surface area contributed by atoms with Gasteiger partial charge in [0, 0.05) is 0 Å². The van der Waals surface area contributed by atoms with E-state index in [4.69, 9.17) is 15.1 Å². The molecule has 0 bridgehead atoms. The highest BCUT2D eigenvalue weighted by Gasteiger charge is 2.27. The Morgan fingerprint density at radius 1 is 1.60 bits per heavy atom. The summed E-state index contributed by atoms with van der Waals surface area (Å²) < 4.78 is 19.6. The second kappa shape index (κ2) is 6.71. The molecule has 0 spiro atoms. The third-order valence-corrected chi connectivity index (χ3v) is 2.36. The van der Waals surface area contributed by atoms with E-state index in [2.05, 4.69) is 15.8 Å². The first-order chi connectivity index (χ1) is 6.91. The van der Waals surface area contributed by atoms with E-state index in [-0.39, 0.29) is 6.61 Å². The first-order valence-corrected chi connectivity index (χ1v) is 5.73. The Bertz CT molecular complexity index is 264. The Balaban J connectivity index is 4.07. The van der Waals surface area contributed by atoms with Crippen LogP contribution in [0.15, 0.2) is 12.7 Å². The lowest BCUT2D eigenvalue weighted by Crippen LogP contribution is -2.18. The highest BCUT2D eigenvalue weighted by molar-refractivity contribution is 7.53. The zero-order valence-corrected chi connectivity index (χ0v) is 8.80. The van der Waals surface area contributed by atoms with Gasteiger partial charge in [-0.3, -0.25) is 13.9 Å². The molecule has 88 valence electrons. The van der Waals surface area contributed by atoms with Crippen LogP contribution in [-0.2, 0) is 18.6 Å². The predicted octanol–water partition coefficient (Wildman–Crippen LogP) is -0.772. The van der Waals surface area contributed by atoms with Crippen LogP contribution in [0.1, 0.15) is 0 Å². The molecular weight excluding hydrogens is 227 g/mol. The lowest BCUT2D eigenvalue weighted by molar-refractivity contribution is -0.139. The van der Waals surface area contributed by atoms with Crippen molar-refractivity contribution in [3.63, 3.8) is 0 Å². The van der Waals surface area contributed by atoms with Gasteiger partial charge in [-0.25, -0.2) is 0 Å². The lowest BCUT2D eigenvalue weighted by Gasteiger charge is -2.14. The van der Waals surface area contributed by atoms with Gasteiger partial charge in [-0.15, -0.1) is 0 Å². The van der Waals surface area contributed by atoms with Crippen molar-refractivity contribution in [1.29, 1.82) is 0 Å². The van der Waals surface area contributed by atoms with Gasteiger partial charge in [0.2, 0.25) is 0 Å². The zero-order valence-electron chi connectivity index (χ0n) is 7.90. The van der Waals surface area contributed by atoms with Gasteiger partial charge in [0.1, 0.15) is 12.8 Å². The summed E-state index contributed by atoms with van der Waals surface area (Å²) in [4.78, 5) is 19.9. The van der Waals surface area contributed by atoms with Crippen molar-refractivity contribution in [2.45, 2.75) is 6.29 Å². The molecule has 0 amide bonds. The number of carbonyl (C=O) groups excluding carboxylic acids is 1. The van der Waals surface area contributed by atoms with E-state index in [0.717, 1.165) is 0 Å². The molecule has 0 saturated heterocycles. The molecule has 0 aliphatic carbocycles. The second-order valence-electron chi connectivity index (χ2n) is 2.51. The molecule has 3 N–H and O–H groups in total. The monoisotopic (exact) mass is 240 g/mol. The number of ether oxygens (including phenoxy) is 1. The Kier molecular flexibility index (Phi) is 6.38. The van der Waals surface area contributed by atoms with Crippen LogP contribution in [0.2, 0.25) is 0 Å². The largest absolute Gasteiger partial charge is 0.461 e. The summed E-state index contributed by atoms with van der Waals surface area (Å²) >= 11 is 0. The van der Waals surface area contributed by atoms with Gasteiger partial charge in [-0.2, -0.15) is 0 Å². The lowest BCUT2D eigenvalue weighted by atomic mass is 10.7. The minimum atomic E-state index is -4.28. The van der Waals surface area contributed by atoms with E-state index in [9.17, 15) is 9.36 Å². The van der Waals surface area contributed by atoms with Crippen LogP contribution >= 0.6 is 7.60 Å². The molecule has 0 fully saturated rings. The van der Waals surface area contributed by atoms with Crippen LogP contribution in [0.3, 0.4) is 0 Å². The molecule has 2 unspecified atom stereocenters. The van der Waals surface area contributed by atoms with E-state index in [1.807, 2.05) is 0 Å². The van der Waals surface area contributed by atoms with Crippen molar-refractivity contribution in [3.8, 4) is 0 Å². The fourth-order valence-electron chi connectivity index (χ4n) is 0.621. The topological polar surface area (TPSA) is 113 Å². The summed E-state index contributed by atoms with van der Waals surface area (Å²) in [7, 11) is -4.28. The number of hydrogen-bond donors (Lipinski definition) is 3. The molecule has 0 aromatic heterocycles. The van der Waals surface area contributed by atoms with E-state index in [1.165, 1.54) is 6.08 Å². The van der Waals surface area contributed by atoms with E-state index >= 15 is 0 Å². The van der Waals surface area contributed by atoms with Crippen LogP contribution in [0.5, 0.6) is 0 Å². The van der Waals surface area contributed by atoms with Crippen molar-refractivity contribution in [2.24, 2.45) is 0 Å². The summed E-state index contributed by atoms with van der Waals surface area (Å²) in [5, 5.41) is 17.0. The highest BCUT2D eigenvalue weighted by atomic mass is 31.2. The van der Waals surface area contributed by atoms with Gasteiger partial charge in [-0.1, -0.05) is 12.7 Å². The van der Waals surface area contributed by atoms with Gasteiger partial charge >= 0.3 is 13.6 Å². The molecule has 0 aliphatic heterocycles. The van der Waals surface area contributed by atoms with E-state index < -0.39 is 32.6 Å². The number of aliphatic hydroxyl groups is 2. The molecule has 0 saturated carbocycles. The van der Waals surface area contributed by atoms with E-state index in [0.29, 0.717) is 0 Å². The van der Waals surface area contributed by atoms with Crippen LogP contribution in [0, 0.1) is 0 Å². The molecule has 8 heteroatoms. The normalized spacial score (nSPS) is 16.5. The minimum Gasteiger partial charge on any atom is -0.461 e. The van der Waals surface area contributed by atoms with Crippen molar-refractivity contribution < 1.29 is 33.7 Å². The Morgan fingerprint density at radius 3 is 2.67 bits per heavy atom. The Morgan fingerprint density at radius 2 is 2.20 bits per heavy atom. The molecule has 0 rings (SSSR count). The summed E-state index contributed by atoms with van der Waals surface area (Å²) in [6, 6.07) is 0. The van der Waals surface area contributed by atoms with Gasteiger partial charge in [0.25, 0.3) is 0 Å². The van der Waals surface area contributed by atoms with Crippen molar-refractivity contribution in [1.82, 2.24) is 0 Å². The first-order valence-electron chi connectivity index (χ1n) is 3.97. The molecule has 2 atom stereocenters. The third-order valence-electron chi connectivity index (χ3n) is 1.13. The molecule has 0 heterocycles. The highest BCUT2D eigenvalue weighted by Crippen LogP contribution is 2.42. The molecule has 0 radical (unpaired) electrons. The number of carbonyl (C=O) groups is 1. The summed E-state index contributed by atoms with van der Waals surface area (Å²) in [6.45, 7) is 2.35. The third kappa shape index (κ3) is 7.24. The Labute approximate surface area is 86.5 Å². The van der Waals surface area contributed by atoms with Crippen LogP contribution in [0.25, 0.3) is 0 Å². The van der Waals surface area contributed by atoms with Crippen molar-refractivity contribution in [2.75, 3.05) is 19.4 Å². The van der Waals surface area contributed by atoms with Gasteiger partial charge < -0.3 is 19.8 Å². The predicted molar refractivity (Wildman–Crippen MR) is 50.0 cm³/mol. The standard InChI is InChI=1S/C7H13O7P/c1-2-3-13-7(10)5-15(11,12)14-6(9)4-8/h2,6,8-9H,1,3-5H2,(H,11,12). The molecular formula is C7H13O7P. The number of esters is 1. The molecule has 7 nitrogen and oxygen atoms in total. The minimum absolute atomic E-state index is 0.0820. The summed E-state index contributed by atoms with van der Waals surface area (Å²) in [5.41, 5.74) is 0. The second-order valence-corrected chi connectivity index (χ2v) is 4.31. The van der Waals surface area contributed by atoms with Gasteiger partial charge in [0.15, 0.2) is 6.29 Å². The SMILES string of the molecule is C=CCOC(=O)CP(=O)(O)OC(O)CO. The van der Waals surface area contributed by atoms with Crippen molar-refractivity contribution >= 4 is 13.6 Å². The smallest absolute Gasteiger partial charge is 0.341 e. The maximum absolute atomic E-state index is 11.1. The average molecular weight is 240 g/mol. The fraction of sp³-hybridized carbons (Fsp3) is 0.571.